The van der Waals surface area contributed by atoms with Crippen molar-refractivity contribution in [2.75, 3.05) is 14.2 Å². The second kappa shape index (κ2) is 5.30. The minimum absolute atomic E-state index is 0.499. The third-order valence-electron chi connectivity index (χ3n) is 1.92. The van der Waals surface area contributed by atoms with Gasteiger partial charge < -0.3 is 13.9 Å². The minimum atomic E-state index is -3.22. The van der Waals surface area contributed by atoms with Gasteiger partial charge in [-0.2, -0.15) is 0 Å². The molecule has 0 bridgehead atoms. The van der Waals surface area contributed by atoms with Gasteiger partial charge in [-0.05, 0) is 12.5 Å². The molecule has 0 spiro atoms. The van der Waals surface area contributed by atoms with Gasteiger partial charge in [-0.15, -0.1) is 9.94 Å². The van der Waals surface area contributed by atoms with Crippen molar-refractivity contribution in [3.05, 3.63) is 18.5 Å². The molecule has 0 aromatic carbocycles. The van der Waals surface area contributed by atoms with Gasteiger partial charge in [-0.1, -0.05) is 6.92 Å². The molecule has 1 atom stereocenters. The molecule has 1 rings (SSSR count). The Morgan fingerprint density at radius 1 is 1.47 bits per heavy atom. The number of rotatable bonds is 6. The number of hydrogen-bond donors (Lipinski definition) is 0. The highest BCUT2D eigenvalue weighted by Gasteiger charge is 2.35. The Morgan fingerprint density at radius 2 is 2.13 bits per heavy atom. The quantitative estimate of drug-likeness (QED) is 0.698. The summed E-state index contributed by atoms with van der Waals surface area (Å²) in [5, 5.41) is 3.85. The van der Waals surface area contributed by atoms with Crippen LogP contribution in [0.2, 0.25) is 0 Å². The van der Waals surface area contributed by atoms with Gasteiger partial charge in [-0.3, -0.25) is 4.57 Å². The largest absolute Gasteiger partial charge is 0.381 e. The molecule has 1 unspecified atom stereocenters. The first kappa shape index (κ1) is 12.2. The molecule has 1 heterocycles. The second-order valence-electron chi connectivity index (χ2n) is 2.78. The lowest BCUT2D eigenvalue weighted by Gasteiger charge is -2.22. The van der Waals surface area contributed by atoms with E-state index in [1.165, 1.54) is 19.1 Å². The van der Waals surface area contributed by atoms with Crippen LogP contribution in [0.3, 0.4) is 0 Å². The number of hydrogen-bond acceptors (Lipinski definition) is 5. The topological polar surface area (TPSA) is 62.6 Å². The van der Waals surface area contributed by atoms with Crippen molar-refractivity contribution < 1.29 is 18.5 Å². The van der Waals surface area contributed by atoms with Crippen molar-refractivity contribution >= 4 is 7.60 Å². The SMILES string of the molecule is CCC(On1cccn1)P(=O)(OC)OC. The molecule has 7 heteroatoms. The van der Waals surface area contributed by atoms with Gasteiger partial charge in [0, 0.05) is 14.2 Å². The van der Waals surface area contributed by atoms with Crippen molar-refractivity contribution in [2.45, 2.75) is 19.2 Å². The lowest BCUT2D eigenvalue weighted by Crippen LogP contribution is -2.26. The highest BCUT2D eigenvalue weighted by Crippen LogP contribution is 2.52. The first-order valence-corrected chi connectivity index (χ1v) is 6.15. The fourth-order valence-electron chi connectivity index (χ4n) is 1.11. The van der Waals surface area contributed by atoms with Gasteiger partial charge in [0.15, 0.2) is 0 Å². The van der Waals surface area contributed by atoms with Crippen LogP contribution in [-0.2, 0) is 13.6 Å². The summed E-state index contributed by atoms with van der Waals surface area (Å²) in [4.78, 5) is 6.58. The molecule has 1 aromatic rings. The Balaban J connectivity index is 2.75. The highest BCUT2D eigenvalue weighted by atomic mass is 31.2. The molecule has 6 nitrogen and oxygen atoms in total. The normalized spacial score (nSPS) is 13.8. The van der Waals surface area contributed by atoms with E-state index in [9.17, 15) is 4.57 Å². The van der Waals surface area contributed by atoms with Crippen molar-refractivity contribution in [1.82, 2.24) is 9.94 Å². The highest BCUT2D eigenvalue weighted by molar-refractivity contribution is 7.54. The van der Waals surface area contributed by atoms with Gasteiger partial charge in [0.25, 0.3) is 0 Å². The molecule has 0 amide bonds. The van der Waals surface area contributed by atoms with Crippen LogP contribution in [0.15, 0.2) is 18.5 Å². The van der Waals surface area contributed by atoms with Gasteiger partial charge in [-0.25, -0.2) is 0 Å². The van der Waals surface area contributed by atoms with Gasteiger partial charge in [0.2, 0.25) is 5.85 Å². The molecule has 1 aromatic heterocycles. The van der Waals surface area contributed by atoms with Crippen LogP contribution in [0.1, 0.15) is 13.3 Å². The number of aromatic nitrogens is 2. The lowest BCUT2D eigenvalue weighted by atomic mass is 10.5. The molecule has 0 aliphatic heterocycles. The Labute approximate surface area is 88.6 Å². The first-order chi connectivity index (χ1) is 7.16. The Morgan fingerprint density at radius 3 is 2.53 bits per heavy atom. The predicted molar refractivity (Wildman–Crippen MR) is 54.5 cm³/mol. The van der Waals surface area contributed by atoms with E-state index in [1.807, 2.05) is 6.92 Å². The molecule has 0 aliphatic rings. The molecule has 15 heavy (non-hydrogen) atoms. The van der Waals surface area contributed by atoms with E-state index in [0.717, 1.165) is 0 Å². The van der Waals surface area contributed by atoms with Crippen molar-refractivity contribution in [3.63, 3.8) is 0 Å². The summed E-state index contributed by atoms with van der Waals surface area (Å²) in [5.41, 5.74) is 0. The molecule has 0 aliphatic carbocycles. The molecular formula is C8H15N2O4P. The molecule has 0 N–H and O–H groups in total. The molecular weight excluding hydrogens is 219 g/mol. The molecule has 0 saturated heterocycles. The second-order valence-corrected chi connectivity index (χ2v) is 5.17. The molecule has 0 radical (unpaired) electrons. The maximum atomic E-state index is 12.0. The smallest absolute Gasteiger partial charge is 0.373 e. The zero-order chi connectivity index (χ0) is 11.3. The van der Waals surface area contributed by atoms with E-state index in [4.69, 9.17) is 13.9 Å². The average molecular weight is 234 g/mol. The van der Waals surface area contributed by atoms with Crippen molar-refractivity contribution in [1.29, 1.82) is 0 Å². The fourth-order valence-corrected chi connectivity index (χ4v) is 2.39. The molecule has 86 valence electrons. The van der Waals surface area contributed by atoms with E-state index in [1.54, 1.807) is 18.5 Å². The Kier molecular flexibility index (Phi) is 4.32. The van der Waals surface area contributed by atoms with Crippen LogP contribution in [0.25, 0.3) is 0 Å². The van der Waals surface area contributed by atoms with Crippen molar-refractivity contribution in [2.24, 2.45) is 0 Å². The van der Waals surface area contributed by atoms with Crippen LogP contribution < -0.4 is 4.84 Å². The van der Waals surface area contributed by atoms with Gasteiger partial charge in [0.1, 0.15) is 0 Å². The summed E-state index contributed by atoms with van der Waals surface area (Å²) in [6.45, 7) is 1.83. The van der Waals surface area contributed by atoms with Crippen LogP contribution in [0.4, 0.5) is 0 Å². The van der Waals surface area contributed by atoms with E-state index in [-0.39, 0.29) is 0 Å². The summed E-state index contributed by atoms with van der Waals surface area (Å²) < 4.78 is 21.7. The van der Waals surface area contributed by atoms with Crippen LogP contribution in [0, 0.1) is 0 Å². The number of nitrogens with zero attached hydrogens (tertiary/aromatic N) is 2. The van der Waals surface area contributed by atoms with Crippen LogP contribution >= 0.6 is 7.60 Å². The van der Waals surface area contributed by atoms with Crippen molar-refractivity contribution in [3.8, 4) is 0 Å². The predicted octanol–water partition coefficient (Wildman–Crippen LogP) is 1.53. The first-order valence-electron chi connectivity index (χ1n) is 4.54. The monoisotopic (exact) mass is 234 g/mol. The summed E-state index contributed by atoms with van der Waals surface area (Å²) in [6, 6.07) is 1.71. The van der Waals surface area contributed by atoms with Crippen LogP contribution in [0.5, 0.6) is 0 Å². The maximum absolute atomic E-state index is 12.0. The zero-order valence-electron chi connectivity index (χ0n) is 8.99. The summed E-state index contributed by atoms with van der Waals surface area (Å²) in [7, 11) is -0.550. The van der Waals surface area contributed by atoms with E-state index in [2.05, 4.69) is 5.10 Å². The average Bonchev–Trinajstić information content (AvgIpc) is 2.77. The lowest BCUT2D eigenvalue weighted by molar-refractivity contribution is 0.0375. The standard InChI is InChI=1S/C8H15N2O4P/c1-4-8(15(11,12-2)13-3)14-10-7-5-6-9-10/h5-8H,4H2,1-3H3. The van der Waals surface area contributed by atoms with Gasteiger partial charge in [0.05, 0.1) is 12.4 Å². The van der Waals surface area contributed by atoms with Gasteiger partial charge >= 0.3 is 7.60 Å². The van der Waals surface area contributed by atoms with E-state index < -0.39 is 13.4 Å². The zero-order valence-corrected chi connectivity index (χ0v) is 9.89. The third-order valence-corrected chi connectivity index (χ3v) is 4.10. The molecule has 0 fully saturated rings. The maximum Gasteiger partial charge on any atom is 0.373 e. The summed E-state index contributed by atoms with van der Waals surface area (Å²) in [5.74, 6) is -0.660. The summed E-state index contributed by atoms with van der Waals surface area (Å²) >= 11 is 0. The fraction of sp³-hybridized carbons (Fsp3) is 0.625. The van der Waals surface area contributed by atoms with E-state index in [0.29, 0.717) is 6.42 Å². The minimum Gasteiger partial charge on any atom is -0.381 e. The van der Waals surface area contributed by atoms with Crippen LogP contribution in [-0.4, -0.2) is 30.0 Å². The third kappa shape index (κ3) is 2.81. The summed E-state index contributed by atoms with van der Waals surface area (Å²) in [6.07, 6.45) is 3.67. The Hall–Kier alpha value is -0.840. The van der Waals surface area contributed by atoms with E-state index >= 15 is 0 Å². The molecule has 0 saturated carbocycles. The Bertz CT molecular complexity index is 319.